The highest BCUT2D eigenvalue weighted by Gasteiger charge is 2.25. The Balaban J connectivity index is 1.34. The molecule has 2 heteroatoms. The van der Waals surface area contributed by atoms with Crippen LogP contribution in [0.25, 0.3) is 66.1 Å². The van der Waals surface area contributed by atoms with Gasteiger partial charge in [-0.15, -0.1) is 0 Å². The molecule has 0 saturated heterocycles. The first-order chi connectivity index (χ1) is 27.0. The first-order valence-electron chi connectivity index (χ1n) is 19.7. The van der Waals surface area contributed by atoms with E-state index in [1.807, 2.05) is 6.07 Å². The molecule has 0 atom stereocenters. The number of fused-ring (bicyclic) bond motifs is 4. The minimum Gasteiger partial charge on any atom is -0.456 e. The van der Waals surface area contributed by atoms with Crippen LogP contribution in [0.4, 0.5) is 17.1 Å². The molecular formula is C54H47NO. The zero-order chi connectivity index (χ0) is 38.6. The maximum Gasteiger partial charge on any atom is 0.137 e. The highest BCUT2D eigenvalue weighted by Crippen LogP contribution is 2.48. The minimum absolute atomic E-state index is 0.0194. The van der Waals surface area contributed by atoms with Crippen molar-refractivity contribution in [1.29, 1.82) is 0 Å². The summed E-state index contributed by atoms with van der Waals surface area (Å²) in [6, 6.07) is 64.1. The molecule has 0 spiro atoms. The molecule has 0 fully saturated rings. The van der Waals surface area contributed by atoms with Crippen LogP contribution >= 0.6 is 0 Å². The van der Waals surface area contributed by atoms with E-state index in [0.717, 1.165) is 44.6 Å². The fraction of sp³-hybridized carbons (Fsp3) is 0.148. The molecular weight excluding hydrogens is 679 g/mol. The van der Waals surface area contributed by atoms with Gasteiger partial charge in [0.1, 0.15) is 11.2 Å². The number of rotatable bonds is 6. The second kappa shape index (κ2) is 13.7. The quantitative estimate of drug-likeness (QED) is 0.170. The largest absolute Gasteiger partial charge is 0.456 e. The van der Waals surface area contributed by atoms with Gasteiger partial charge in [0.15, 0.2) is 0 Å². The van der Waals surface area contributed by atoms with Gasteiger partial charge in [-0.3, -0.25) is 0 Å². The Morgan fingerprint density at radius 3 is 1.64 bits per heavy atom. The van der Waals surface area contributed by atoms with Gasteiger partial charge in [-0.25, -0.2) is 0 Å². The molecule has 0 N–H and O–H groups in total. The lowest BCUT2D eigenvalue weighted by atomic mass is 9.78. The van der Waals surface area contributed by atoms with Gasteiger partial charge in [-0.1, -0.05) is 181 Å². The van der Waals surface area contributed by atoms with Crippen LogP contribution in [0.1, 0.15) is 52.7 Å². The van der Waals surface area contributed by atoms with Crippen LogP contribution in [-0.4, -0.2) is 0 Å². The monoisotopic (exact) mass is 725 g/mol. The van der Waals surface area contributed by atoms with Crippen molar-refractivity contribution in [2.75, 3.05) is 4.90 Å². The average Bonchev–Trinajstić information content (AvgIpc) is 3.58. The summed E-state index contributed by atoms with van der Waals surface area (Å²) >= 11 is 0. The summed E-state index contributed by atoms with van der Waals surface area (Å²) in [6.07, 6.45) is 0. The van der Waals surface area contributed by atoms with Crippen molar-refractivity contribution in [1.82, 2.24) is 0 Å². The van der Waals surface area contributed by atoms with Crippen molar-refractivity contribution < 1.29 is 4.42 Å². The van der Waals surface area contributed by atoms with Crippen molar-refractivity contribution in [3.05, 3.63) is 187 Å². The van der Waals surface area contributed by atoms with Crippen LogP contribution in [0.2, 0.25) is 0 Å². The van der Waals surface area contributed by atoms with E-state index in [1.54, 1.807) is 0 Å². The molecule has 0 aliphatic carbocycles. The fourth-order valence-electron chi connectivity index (χ4n) is 8.14. The highest BCUT2D eigenvalue weighted by molar-refractivity contribution is 6.10. The molecule has 0 aliphatic heterocycles. The van der Waals surface area contributed by atoms with Crippen LogP contribution in [0.15, 0.2) is 180 Å². The Morgan fingerprint density at radius 1 is 0.393 bits per heavy atom. The third-order valence-electron chi connectivity index (χ3n) is 11.2. The Kier molecular flexibility index (Phi) is 8.66. The third-order valence-corrected chi connectivity index (χ3v) is 11.2. The van der Waals surface area contributed by atoms with Crippen LogP contribution < -0.4 is 4.90 Å². The zero-order valence-corrected chi connectivity index (χ0v) is 33.1. The lowest BCUT2D eigenvalue weighted by molar-refractivity contribution is 0.569. The van der Waals surface area contributed by atoms with Crippen molar-refractivity contribution >= 4 is 49.8 Å². The molecule has 1 aromatic heterocycles. The Labute approximate surface area is 330 Å². The molecule has 274 valence electrons. The van der Waals surface area contributed by atoms with E-state index in [1.165, 1.54) is 49.7 Å². The minimum atomic E-state index is -0.0194. The number of furan rings is 1. The summed E-state index contributed by atoms with van der Waals surface area (Å²) in [5.41, 5.74) is 14.7. The van der Waals surface area contributed by atoms with Gasteiger partial charge in [0.2, 0.25) is 0 Å². The molecule has 2 nitrogen and oxygen atoms in total. The standard InChI is InChI=1S/C54H47NO/c1-53(2,3)39-32-38(33-40(34-39)54(4,5)6)42-22-10-13-27-48(42)55(41-30-31-46-45-24-12-15-29-50(45)56-51(46)35-41)49-28-14-11-23-44(49)47-26-17-21-37-20-16-25-43(52(37)47)36-18-8-7-9-19-36/h7-35H,1-6H3. The van der Waals surface area contributed by atoms with E-state index in [9.17, 15) is 0 Å². The number of hydrogen-bond acceptors (Lipinski definition) is 2. The first-order valence-corrected chi connectivity index (χ1v) is 19.7. The Hall–Kier alpha value is -6.38. The van der Waals surface area contributed by atoms with Crippen molar-refractivity contribution in [3.63, 3.8) is 0 Å². The van der Waals surface area contributed by atoms with Gasteiger partial charge in [0.25, 0.3) is 0 Å². The Morgan fingerprint density at radius 2 is 0.946 bits per heavy atom. The van der Waals surface area contributed by atoms with Gasteiger partial charge in [0.05, 0.1) is 11.4 Å². The molecule has 0 unspecified atom stereocenters. The van der Waals surface area contributed by atoms with Crippen molar-refractivity contribution in [2.24, 2.45) is 0 Å². The number of hydrogen-bond donors (Lipinski definition) is 0. The van der Waals surface area contributed by atoms with Crippen LogP contribution in [-0.2, 0) is 10.8 Å². The van der Waals surface area contributed by atoms with Crippen LogP contribution in [0.5, 0.6) is 0 Å². The van der Waals surface area contributed by atoms with E-state index < -0.39 is 0 Å². The lowest BCUT2D eigenvalue weighted by Crippen LogP contribution is -2.17. The van der Waals surface area contributed by atoms with E-state index in [2.05, 4.69) is 216 Å². The normalized spacial score (nSPS) is 12.1. The van der Waals surface area contributed by atoms with Gasteiger partial charge >= 0.3 is 0 Å². The SMILES string of the molecule is CC(C)(C)c1cc(-c2ccccc2N(c2ccc3c(c2)oc2ccccc23)c2ccccc2-c2cccc3cccc(-c4ccccc4)c23)cc(C(C)(C)C)c1. The summed E-state index contributed by atoms with van der Waals surface area (Å²) in [4.78, 5) is 2.45. The number of benzene rings is 8. The van der Waals surface area contributed by atoms with Crippen molar-refractivity contribution in [3.8, 4) is 33.4 Å². The number of nitrogens with zero attached hydrogens (tertiary/aromatic N) is 1. The topological polar surface area (TPSA) is 16.4 Å². The maximum absolute atomic E-state index is 6.55. The molecule has 0 radical (unpaired) electrons. The van der Waals surface area contributed by atoms with Crippen molar-refractivity contribution in [2.45, 2.75) is 52.4 Å². The molecule has 9 aromatic rings. The predicted octanol–water partition coefficient (Wildman–Crippen LogP) is 15.8. The molecule has 0 aliphatic rings. The molecule has 1 heterocycles. The third kappa shape index (κ3) is 6.35. The summed E-state index contributed by atoms with van der Waals surface area (Å²) in [7, 11) is 0. The lowest BCUT2D eigenvalue weighted by Gasteiger charge is -2.31. The molecule has 0 saturated carbocycles. The maximum atomic E-state index is 6.55. The average molecular weight is 726 g/mol. The summed E-state index contributed by atoms with van der Waals surface area (Å²) in [5.74, 6) is 0. The Bertz CT molecular complexity index is 2840. The second-order valence-electron chi connectivity index (χ2n) is 17.0. The van der Waals surface area contributed by atoms with Gasteiger partial charge < -0.3 is 9.32 Å². The molecule has 8 aromatic carbocycles. The summed E-state index contributed by atoms with van der Waals surface area (Å²) < 4.78 is 6.55. The van der Waals surface area contributed by atoms with Gasteiger partial charge in [-0.05, 0) is 85.3 Å². The second-order valence-corrected chi connectivity index (χ2v) is 17.0. The molecule has 9 rings (SSSR count). The predicted molar refractivity (Wildman–Crippen MR) is 240 cm³/mol. The van der Waals surface area contributed by atoms with Gasteiger partial charge in [-0.2, -0.15) is 0 Å². The first kappa shape index (κ1) is 35.3. The van der Waals surface area contributed by atoms with E-state index in [-0.39, 0.29) is 10.8 Å². The van der Waals surface area contributed by atoms with Crippen LogP contribution in [0, 0.1) is 0 Å². The van der Waals surface area contributed by atoms with Crippen LogP contribution in [0.3, 0.4) is 0 Å². The van der Waals surface area contributed by atoms with E-state index in [4.69, 9.17) is 4.42 Å². The summed E-state index contributed by atoms with van der Waals surface area (Å²) in [6.45, 7) is 13.9. The summed E-state index contributed by atoms with van der Waals surface area (Å²) in [5, 5.41) is 4.68. The molecule has 0 bridgehead atoms. The van der Waals surface area contributed by atoms with E-state index in [0.29, 0.717) is 0 Å². The van der Waals surface area contributed by atoms with E-state index >= 15 is 0 Å². The molecule has 0 amide bonds. The smallest absolute Gasteiger partial charge is 0.137 e. The highest BCUT2D eigenvalue weighted by atomic mass is 16.3. The fourth-order valence-corrected chi connectivity index (χ4v) is 8.14. The zero-order valence-electron chi connectivity index (χ0n) is 33.1. The molecule has 56 heavy (non-hydrogen) atoms. The van der Waals surface area contributed by atoms with Gasteiger partial charge in [0, 0.05) is 33.7 Å². The number of anilines is 3. The number of para-hydroxylation sites is 3.